The second-order valence-electron chi connectivity index (χ2n) is 3.33. The summed E-state index contributed by atoms with van der Waals surface area (Å²) in [6.45, 7) is 7.63. The summed E-state index contributed by atoms with van der Waals surface area (Å²) in [7, 11) is 0. The highest BCUT2D eigenvalue weighted by Crippen LogP contribution is 2.15. The first-order valence-corrected chi connectivity index (χ1v) is 4.22. The normalized spacial score (nSPS) is 31.1. The van der Waals surface area contributed by atoms with Crippen LogP contribution in [0.25, 0.3) is 0 Å². The summed E-state index contributed by atoms with van der Waals surface area (Å²) < 4.78 is 5.67. The van der Waals surface area contributed by atoms with Crippen LogP contribution < -0.4 is 17.7 Å². The number of nitrogens with two attached hydrogens (primary N) is 1. The first kappa shape index (κ1) is 11.2. The second kappa shape index (κ2) is 4.96. The molecule has 1 atom stereocenters. The molecule has 2 nitrogen and oxygen atoms in total. The largest absolute Gasteiger partial charge is 1.00 e. The molecule has 1 heterocycles. The van der Waals surface area contributed by atoms with Crippen molar-refractivity contribution >= 4 is 0 Å². The monoisotopic (exact) mass is 179 g/mol. The molecular weight excluding hydrogens is 162 g/mol. The fourth-order valence-electron chi connectivity index (χ4n) is 1.56. The molecule has 0 aliphatic carbocycles. The Balaban J connectivity index is 0.000001000. The molecule has 1 rings (SSSR count). The predicted octanol–water partition coefficient (Wildman–Crippen LogP) is -2.86. The molecule has 0 bridgehead atoms. The quantitative estimate of drug-likeness (QED) is 0.485. The van der Waals surface area contributed by atoms with Gasteiger partial charge in [0.2, 0.25) is 0 Å². The smallest absolute Gasteiger partial charge is 0.114 e. The van der Waals surface area contributed by atoms with E-state index in [9.17, 15) is 0 Å². The minimum absolute atomic E-state index is 0. The van der Waals surface area contributed by atoms with Crippen molar-refractivity contribution in [1.29, 1.82) is 0 Å². The summed E-state index contributed by atoms with van der Waals surface area (Å²) in [4.78, 5) is 0. The molecule has 0 aromatic rings. The number of rotatable bonds is 2. The fourth-order valence-corrected chi connectivity index (χ4v) is 1.56. The van der Waals surface area contributed by atoms with Gasteiger partial charge < -0.3 is 22.5 Å². The van der Waals surface area contributed by atoms with Crippen molar-refractivity contribution in [2.45, 2.75) is 32.3 Å². The van der Waals surface area contributed by atoms with Crippen molar-refractivity contribution in [2.75, 3.05) is 19.7 Å². The number of morpholine rings is 1. The molecule has 0 amide bonds. The molecule has 0 saturated carbocycles. The summed E-state index contributed by atoms with van der Waals surface area (Å²) in [6.07, 6.45) is 2.42. The van der Waals surface area contributed by atoms with Crippen molar-refractivity contribution in [3.8, 4) is 0 Å². The van der Waals surface area contributed by atoms with E-state index in [1.54, 1.807) is 0 Å². The van der Waals surface area contributed by atoms with Crippen LogP contribution in [0.5, 0.6) is 0 Å². The van der Waals surface area contributed by atoms with Gasteiger partial charge >= 0.3 is 0 Å². The van der Waals surface area contributed by atoms with Crippen LogP contribution in [0.2, 0.25) is 0 Å². The topological polar surface area (TPSA) is 25.8 Å². The van der Waals surface area contributed by atoms with Crippen molar-refractivity contribution in [3.05, 3.63) is 0 Å². The fraction of sp³-hybridized carbons (Fsp3) is 1.00. The summed E-state index contributed by atoms with van der Waals surface area (Å²) >= 11 is 0. The Labute approximate surface area is 75.1 Å². The summed E-state index contributed by atoms with van der Waals surface area (Å²) in [5, 5.41) is 2.35. The zero-order chi connectivity index (χ0) is 7.45. The van der Waals surface area contributed by atoms with Gasteiger partial charge in [0.25, 0.3) is 0 Å². The molecule has 0 aromatic carbocycles. The lowest BCUT2D eigenvalue weighted by Gasteiger charge is -2.31. The highest BCUT2D eigenvalue weighted by atomic mass is 35.5. The van der Waals surface area contributed by atoms with E-state index in [2.05, 4.69) is 19.2 Å². The van der Waals surface area contributed by atoms with Crippen LogP contribution in [0.4, 0.5) is 0 Å². The standard InChI is InChI=1S/C8H17NO.ClH/c1-3-4-8(2)7-9-5-6-10-8;/h9H,3-7H2,1-2H3;1H. The maximum absolute atomic E-state index is 5.67. The van der Waals surface area contributed by atoms with E-state index in [0.29, 0.717) is 0 Å². The highest BCUT2D eigenvalue weighted by molar-refractivity contribution is 4.74. The van der Waals surface area contributed by atoms with Crippen LogP contribution in [0.3, 0.4) is 0 Å². The lowest BCUT2D eigenvalue weighted by molar-refractivity contribution is -0.685. The van der Waals surface area contributed by atoms with Gasteiger partial charge in [-0.25, -0.2) is 0 Å². The summed E-state index contributed by atoms with van der Waals surface area (Å²) in [5.74, 6) is 0. The average molecular weight is 180 g/mol. The van der Waals surface area contributed by atoms with Crippen LogP contribution >= 0.6 is 0 Å². The van der Waals surface area contributed by atoms with Gasteiger partial charge in [0.05, 0.1) is 13.2 Å². The van der Waals surface area contributed by atoms with Gasteiger partial charge in [-0.15, -0.1) is 0 Å². The Bertz CT molecular complexity index is 96.8. The van der Waals surface area contributed by atoms with Crippen LogP contribution in [0.1, 0.15) is 26.7 Å². The van der Waals surface area contributed by atoms with E-state index < -0.39 is 0 Å². The lowest BCUT2D eigenvalue weighted by Crippen LogP contribution is -3.00. The first-order chi connectivity index (χ1) is 4.77. The molecule has 1 unspecified atom stereocenters. The number of quaternary nitrogens is 1. The minimum atomic E-state index is 0. The lowest BCUT2D eigenvalue weighted by atomic mass is 9.99. The Kier molecular flexibility index (Phi) is 5.06. The van der Waals surface area contributed by atoms with E-state index in [4.69, 9.17) is 4.74 Å². The zero-order valence-electron chi connectivity index (χ0n) is 7.40. The molecule has 2 N–H and O–H groups in total. The van der Waals surface area contributed by atoms with Gasteiger partial charge in [-0.3, -0.25) is 0 Å². The molecule has 0 spiro atoms. The molecule has 1 aliphatic rings. The predicted molar refractivity (Wildman–Crippen MR) is 40.9 cm³/mol. The van der Waals surface area contributed by atoms with Gasteiger partial charge in [0.1, 0.15) is 12.1 Å². The molecule has 1 saturated heterocycles. The Morgan fingerprint density at radius 3 is 2.73 bits per heavy atom. The van der Waals surface area contributed by atoms with E-state index >= 15 is 0 Å². The SMILES string of the molecule is CCCC1(C)C[NH2+]CCO1.[Cl-]. The Morgan fingerprint density at radius 2 is 2.27 bits per heavy atom. The third-order valence-electron chi connectivity index (χ3n) is 2.13. The van der Waals surface area contributed by atoms with E-state index in [1.807, 2.05) is 0 Å². The molecule has 11 heavy (non-hydrogen) atoms. The number of halogens is 1. The van der Waals surface area contributed by atoms with Crippen LogP contribution in [0.15, 0.2) is 0 Å². The zero-order valence-corrected chi connectivity index (χ0v) is 8.16. The maximum atomic E-state index is 5.67. The van der Waals surface area contributed by atoms with Crippen LogP contribution in [-0.4, -0.2) is 25.3 Å². The van der Waals surface area contributed by atoms with E-state index in [0.717, 1.165) is 19.7 Å². The Morgan fingerprint density at radius 1 is 1.55 bits per heavy atom. The molecular formula is C8H18ClNO. The minimum Gasteiger partial charge on any atom is -1.00 e. The van der Waals surface area contributed by atoms with Crippen molar-refractivity contribution in [3.63, 3.8) is 0 Å². The maximum Gasteiger partial charge on any atom is 0.114 e. The third kappa shape index (κ3) is 3.41. The van der Waals surface area contributed by atoms with Gasteiger partial charge in [-0.05, 0) is 13.3 Å². The molecule has 1 aliphatic heterocycles. The van der Waals surface area contributed by atoms with Crippen molar-refractivity contribution in [2.24, 2.45) is 0 Å². The average Bonchev–Trinajstić information content (AvgIpc) is 1.89. The molecule has 0 aromatic heterocycles. The number of hydrogen-bond acceptors (Lipinski definition) is 1. The Hall–Kier alpha value is 0.210. The molecule has 1 fully saturated rings. The van der Waals surface area contributed by atoms with E-state index in [-0.39, 0.29) is 18.0 Å². The number of hydrogen-bond donors (Lipinski definition) is 1. The van der Waals surface area contributed by atoms with Crippen LogP contribution in [0, 0.1) is 0 Å². The van der Waals surface area contributed by atoms with E-state index in [1.165, 1.54) is 12.8 Å². The van der Waals surface area contributed by atoms with Gasteiger partial charge in [0, 0.05) is 0 Å². The van der Waals surface area contributed by atoms with Gasteiger partial charge in [-0.1, -0.05) is 13.3 Å². The summed E-state index contributed by atoms with van der Waals surface area (Å²) in [5.41, 5.74) is 0.174. The van der Waals surface area contributed by atoms with Crippen LogP contribution in [-0.2, 0) is 4.74 Å². The molecule has 3 heteroatoms. The van der Waals surface area contributed by atoms with Crippen molar-refractivity contribution < 1.29 is 22.5 Å². The van der Waals surface area contributed by atoms with Crippen molar-refractivity contribution in [1.82, 2.24) is 0 Å². The molecule has 68 valence electrons. The highest BCUT2D eigenvalue weighted by Gasteiger charge is 2.28. The van der Waals surface area contributed by atoms with Gasteiger partial charge in [0.15, 0.2) is 0 Å². The summed E-state index contributed by atoms with van der Waals surface area (Å²) in [6, 6.07) is 0. The molecule has 0 radical (unpaired) electrons. The number of ether oxygens (including phenoxy) is 1. The van der Waals surface area contributed by atoms with Gasteiger partial charge in [-0.2, -0.15) is 0 Å². The first-order valence-electron chi connectivity index (χ1n) is 4.22. The third-order valence-corrected chi connectivity index (χ3v) is 2.13. The second-order valence-corrected chi connectivity index (χ2v) is 3.33.